The maximum atomic E-state index is 5.70. The fraction of sp³-hybridized carbons (Fsp3) is 0.545. The summed E-state index contributed by atoms with van der Waals surface area (Å²) in [4.78, 5) is 4.28. The lowest BCUT2D eigenvalue weighted by Gasteiger charge is -2.23. The van der Waals surface area contributed by atoms with Gasteiger partial charge in [-0.3, -0.25) is 0 Å². The molecule has 0 aliphatic carbocycles. The van der Waals surface area contributed by atoms with Crippen LogP contribution in [0.5, 0.6) is 0 Å². The molecule has 1 heterocycles. The van der Waals surface area contributed by atoms with Crippen molar-refractivity contribution in [2.24, 2.45) is 18.2 Å². The molecule has 1 unspecified atom stereocenters. The summed E-state index contributed by atoms with van der Waals surface area (Å²) in [5.41, 5.74) is 5.73. The van der Waals surface area contributed by atoms with Crippen LogP contribution in [0.1, 0.15) is 19.2 Å². The first-order chi connectivity index (χ1) is 6.61. The van der Waals surface area contributed by atoms with E-state index in [0.717, 1.165) is 18.7 Å². The lowest BCUT2D eigenvalue weighted by molar-refractivity contribution is 0.399. The summed E-state index contributed by atoms with van der Waals surface area (Å²) < 4.78 is 2.04. The zero-order valence-corrected chi connectivity index (χ0v) is 9.03. The van der Waals surface area contributed by atoms with Crippen LogP contribution < -0.4 is 5.73 Å². The van der Waals surface area contributed by atoms with Gasteiger partial charge in [0.2, 0.25) is 0 Å². The summed E-state index contributed by atoms with van der Waals surface area (Å²) in [5, 5.41) is 0. The number of rotatable bonds is 5. The Morgan fingerprint density at radius 2 is 2.43 bits per heavy atom. The largest absolute Gasteiger partial charge is 0.338 e. The molecule has 0 saturated heterocycles. The lowest BCUT2D eigenvalue weighted by Crippen LogP contribution is -2.25. The standard InChI is InChI=1S/C11H19N3/c1-4-11(2,9-12)6-5-10-13-7-8-14(10)3/h4,7-8H,1,5-6,9,12H2,2-3H3. The van der Waals surface area contributed by atoms with E-state index in [0.29, 0.717) is 6.54 Å². The highest BCUT2D eigenvalue weighted by Crippen LogP contribution is 2.22. The molecule has 0 spiro atoms. The third-order valence-electron chi connectivity index (χ3n) is 2.80. The van der Waals surface area contributed by atoms with Gasteiger partial charge >= 0.3 is 0 Å². The summed E-state index contributed by atoms with van der Waals surface area (Å²) in [5.74, 6) is 1.10. The van der Waals surface area contributed by atoms with Crippen LogP contribution in [0.4, 0.5) is 0 Å². The molecule has 1 atom stereocenters. The van der Waals surface area contributed by atoms with Crippen LogP contribution in [0.15, 0.2) is 25.0 Å². The highest BCUT2D eigenvalue weighted by Gasteiger charge is 2.18. The Hall–Kier alpha value is -1.09. The molecule has 1 aromatic rings. The third kappa shape index (κ3) is 2.45. The SMILES string of the molecule is C=CC(C)(CN)CCc1nccn1C. The van der Waals surface area contributed by atoms with Gasteiger partial charge in [0.1, 0.15) is 5.82 Å². The average molecular weight is 193 g/mol. The maximum absolute atomic E-state index is 5.70. The minimum Gasteiger partial charge on any atom is -0.338 e. The second kappa shape index (κ2) is 4.42. The van der Waals surface area contributed by atoms with E-state index in [-0.39, 0.29) is 5.41 Å². The van der Waals surface area contributed by atoms with E-state index >= 15 is 0 Å². The molecule has 0 bridgehead atoms. The Balaban J connectivity index is 2.56. The topological polar surface area (TPSA) is 43.8 Å². The zero-order chi connectivity index (χ0) is 10.6. The van der Waals surface area contributed by atoms with Crippen LogP contribution in [0.25, 0.3) is 0 Å². The van der Waals surface area contributed by atoms with Crippen LogP contribution >= 0.6 is 0 Å². The first kappa shape index (κ1) is 11.0. The first-order valence-electron chi connectivity index (χ1n) is 4.91. The number of nitrogens with zero attached hydrogens (tertiary/aromatic N) is 2. The number of imidazole rings is 1. The molecule has 0 aliphatic heterocycles. The van der Waals surface area contributed by atoms with Gasteiger partial charge in [-0.2, -0.15) is 0 Å². The monoisotopic (exact) mass is 193 g/mol. The number of hydrogen-bond donors (Lipinski definition) is 1. The van der Waals surface area contributed by atoms with Crippen molar-refractivity contribution in [3.8, 4) is 0 Å². The molecule has 0 saturated carbocycles. The average Bonchev–Trinajstić information content (AvgIpc) is 2.61. The molecule has 0 amide bonds. The van der Waals surface area contributed by atoms with Crippen molar-refractivity contribution in [2.75, 3.05) is 6.54 Å². The third-order valence-corrected chi connectivity index (χ3v) is 2.80. The number of nitrogens with two attached hydrogens (primary N) is 1. The minimum atomic E-state index is 0.0337. The summed E-state index contributed by atoms with van der Waals surface area (Å²) in [6.45, 7) is 6.59. The van der Waals surface area contributed by atoms with E-state index in [1.807, 2.05) is 30.1 Å². The first-order valence-corrected chi connectivity index (χ1v) is 4.91. The van der Waals surface area contributed by atoms with Crippen LogP contribution in [0.3, 0.4) is 0 Å². The van der Waals surface area contributed by atoms with Gasteiger partial charge in [-0.15, -0.1) is 6.58 Å². The second-order valence-electron chi connectivity index (χ2n) is 4.02. The zero-order valence-electron chi connectivity index (χ0n) is 9.03. The van der Waals surface area contributed by atoms with Gasteiger partial charge in [0.05, 0.1) is 0 Å². The highest BCUT2D eigenvalue weighted by atomic mass is 15.0. The van der Waals surface area contributed by atoms with E-state index in [2.05, 4.69) is 18.5 Å². The molecule has 3 nitrogen and oxygen atoms in total. The Morgan fingerprint density at radius 1 is 1.71 bits per heavy atom. The normalized spacial score (nSPS) is 15.1. The smallest absolute Gasteiger partial charge is 0.108 e. The van der Waals surface area contributed by atoms with Crippen molar-refractivity contribution in [1.29, 1.82) is 0 Å². The van der Waals surface area contributed by atoms with Crippen molar-refractivity contribution in [1.82, 2.24) is 9.55 Å². The van der Waals surface area contributed by atoms with E-state index in [1.54, 1.807) is 0 Å². The Morgan fingerprint density at radius 3 is 2.86 bits per heavy atom. The van der Waals surface area contributed by atoms with Gasteiger partial charge < -0.3 is 10.3 Å². The molecular formula is C11H19N3. The van der Waals surface area contributed by atoms with Crippen molar-refractivity contribution in [2.45, 2.75) is 19.8 Å². The maximum Gasteiger partial charge on any atom is 0.108 e. The van der Waals surface area contributed by atoms with E-state index < -0.39 is 0 Å². The number of hydrogen-bond acceptors (Lipinski definition) is 2. The molecule has 0 aromatic carbocycles. The minimum absolute atomic E-state index is 0.0337. The Labute approximate surface area is 85.6 Å². The second-order valence-corrected chi connectivity index (χ2v) is 4.02. The van der Waals surface area contributed by atoms with Crippen molar-refractivity contribution >= 4 is 0 Å². The fourth-order valence-corrected chi connectivity index (χ4v) is 1.32. The molecule has 0 aliphatic rings. The molecule has 14 heavy (non-hydrogen) atoms. The van der Waals surface area contributed by atoms with Gasteiger partial charge in [-0.05, 0) is 11.8 Å². The van der Waals surface area contributed by atoms with E-state index in [4.69, 9.17) is 5.73 Å². The Kier molecular flexibility index (Phi) is 3.47. The highest BCUT2D eigenvalue weighted by molar-refractivity contribution is 4.97. The predicted octanol–water partition coefficient (Wildman–Crippen LogP) is 1.50. The van der Waals surface area contributed by atoms with Crippen molar-refractivity contribution in [3.63, 3.8) is 0 Å². The van der Waals surface area contributed by atoms with Gasteiger partial charge in [-0.25, -0.2) is 4.98 Å². The quantitative estimate of drug-likeness (QED) is 0.720. The fourth-order valence-electron chi connectivity index (χ4n) is 1.32. The number of aryl methyl sites for hydroxylation is 2. The molecule has 0 radical (unpaired) electrons. The van der Waals surface area contributed by atoms with Crippen LogP contribution in [-0.4, -0.2) is 16.1 Å². The van der Waals surface area contributed by atoms with Crippen LogP contribution in [0, 0.1) is 5.41 Å². The Bertz CT molecular complexity index is 303. The molecule has 1 aromatic heterocycles. The van der Waals surface area contributed by atoms with E-state index in [1.165, 1.54) is 0 Å². The summed E-state index contributed by atoms with van der Waals surface area (Å²) in [6, 6.07) is 0. The summed E-state index contributed by atoms with van der Waals surface area (Å²) >= 11 is 0. The van der Waals surface area contributed by atoms with E-state index in [9.17, 15) is 0 Å². The van der Waals surface area contributed by atoms with Crippen molar-refractivity contribution < 1.29 is 0 Å². The summed E-state index contributed by atoms with van der Waals surface area (Å²) in [7, 11) is 2.01. The molecule has 1 rings (SSSR count). The molecule has 2 N–H and O–H groups in total. The molecule has 3 heteroatoms. The lowest BCUT2D eigenvalue weighted by atomic mass is 9.86. The van der Waals surface area contributed by atoms with Crippen molar-refractivity contribution in [3.05, 3.63) is 30.9 Å². The molecule has 0 fully saturated rings. The van der Waals surface area contributed by atoms with Gasteiger partial charge in [0, 0.05) is 32.4 Å². The van der Waals surface area contributed by atoms with Gasteiger partial charge in [0.25, 0.3) is 0 Å². The van der Waals surface area contributed by atoms with Crippen LogP contribution in [-0.2, 0) is 13.5 Å². The van der Waals surface area contributed by atoms with Gasteiger partial charge in [0.15, 0.2) is 0 Å². The molecule has 78 valence electrons. The number of aromatic nitrogens is 2. The molecular weight excluding hydrogens is 174 g/mol. The van der Waals surface area contributed by atoms with Gasteiger partial charge in [-0.1, -0.05) is 13.0 Å². The van der Waals surface area contributed by atoms with Crippen LogP contribution in [0.2, 0.25) is 0 Å². The predicted molar refractivity (Wildman–Crippen MR) is 58.9 cm³/mol. The summed E-state index contributed by atoms with van der Waals surface area (Å²) in [6.07, 6.45) is 7.67.